The monoisotopic (exact) mass is 496 g/mol. The fraction of sp³-hybridized carbons (Fsp3) is 0.370. The van der Waals surface area contributed by atoms with E-state index in [1.807, 2.05) is 76.2 Å². The number of hydrogen-bond donors (Lipinski definition) is 0. The van der Waals surface area contributed by atoms with Crippen molar-refractivity contribution in [3.63, 3.8) is 0 Å². The smallest absolute Gasteiger partial charge is 0.497 e. The van der Waals surface area contributed by atoms with Crippen LogP contribution >= 0.6 is 0 Å². The summed E-state index contributed by atoms with van der Waals surface area (Å²) in [7, 11) is 2.13. The molecule has 1 aliphatic rings. The zero-order chi connectivity index (χ0) is 26.1. The Kier molecular flexibility index (Phi) is 7.25. The van der Waals surface area contributed by atoms with E-state index in [-0.39, 0.29) is 11.3 Å². The lowest BCUT2D eigenvalue weighted by atomic mass is 9.80. The number of halogens is 2. The molecule has 0 radical (unpaired) electrons. The Morgan fingerprint density at radius 1 is 0.806 bits per heavy atom. The third-order valence-electron chi connectivity index (χ3n) is 6.81. The average molecular weight is 496 g/mol. The third kappa shape index (κ3) is 5.32. The molecule has 0 atom stereocenters. The Labute approximate surface area is 211 Å². The normalized spacial score (nSPS) is 16.2. The molecule has 0 saturated carbocycles. The molecule has 2 aromatic carbocycles. The molecule has 0 amide bonds. The molecule has 3 aromatic rings. The molecule has 0 spiro atoms. The number of hydrogen-bond acceptors (Lipinski definition) is 6. The van der Waals surface area contributed by atoms with Gasteiger partial charge in [0, 0.05) is 18.6 Å². The number of pyridine rings is 1. The Balaban J connectivity index is 1.67. The lowest BCUT2D eigenvalue weighted by molar-refractivity contribution is 0.00578. The molecule has 1 saturated heterocycles. The summed E-state index contributed by atoms with van der Waals surface area (Å²) in [5.41, 5.74) is 0.341. The van der Waals surface area contributed by atoms with Crippen molar-refractivity contribution in [1.82, 2.24) is 4.98 Å². The van der Waals surface area contributed by atoms with Crippen LogP contribution in [0.3, 0.4) is 0 Å². The number of nitrogens with zero attached hydrogens (tertiary/aromatic N) is 2. The van der Waals surface area contributed by atoms with Gasteiger partial charge in [-0.3, -0.25) is 0 Å². The van der Waals surface area contributed by atoms with Crippen LogP contribution in [0.4, 0.5) is 14.6 Å². The van der Waals surface area contributed by atoms with Crippen LogP contribution in [0.25, 0.3) is 0 Å². The van der Waals surface area contributed by atoms with Crippen molar-refractivity contribution in [2.24, 2.45) is 0 Å². The summed E-state index contributed by atoms with van der Waals surface area (Å²) in [5, 5.41) is 0. The molecule has 1 fully saturated rings. The van der Waals surface area contributed by atoms with Crippen LogP contribution in [0.2, 0.25) is 0 Å². The maximum Gasteiger partial charge on any atom is 0.499 e. The van der Waals surface area contributed by atoms with Gasteiger partial charge < -0.3 is 23.7 Å². The number of methoxy groups -OCH3 is 2. The first-order chi connectivity index (χ1) is 17.0. The molecule has 4 rings (SSSR count). The number of rotatable bonds is 8. The quantitative estimate of drug-likeness (QED) is 0.327. The second-order valence-corrected chi connectivity index (χ2v) is 9.81. The Hall–Kier alpha value is -3.17. The van der Waals surface area contributed by atoms with Crippen LogP contribution < -0.4 is 19.8 Å². The van der Waals surface area contributed by atoms with Crippen LogP contribution in [0.15, 0.2) is 54.6 Å². The Morgan fingerprint density at radius 3 is 1.67 bits per heavy atom. The summed E-state index contributed by atoms with van der Waals surface area (Å²) >= 11 is 0. The van der Waals surface area contributed by atoms with Gasteiger partial charge in [-0.1, -0.05) is 24.3 Å². The molecular formula is C27H31BF2N2O4. The molecule has 2 heterocycles. The fourth-order valence-corrected chi connectivity index (χ4v) is 3.94. The van der Waals surface area contributed by atoms with E-state index >= 15 is 8.78 Å². The van der Waals surface area contributed by atoms with Crippen molar-refractivity contribution in [2.45, 2.75) is 52.0 Å². The number of ether oxygens (including phenoxy) is 2. The van der Waals surface area contributed by atoms with Crippen molar-refractivity contribution in [3.05, 3.63) is 77.5 Å². The van der Waals surface area contributed by atoms with Crippen LogP contribution in [0.5, 0.6) is 11.5 Å². The molecule has 36 heavy (non-hydrogen) atoms. The molecule has 0 bridgehead atoms. The second-order valence-electron chi connectivity index (χ2n) is 9.81. The SMILES string of the molecule is COc1ccc(CN(Cc2ccc(OC)cc2)c2nc(F)c(B3OC(C)(C)C(C)(C)O3)cc2F)cc1. The van der Waals surface area contributed by atoms with Crippen LogP contribution in [-0.2, 0) is 22.4 Å². The summed E-state index contributed by atoms with van der Waals surface area (Å²) in [4.78, 5) is 5.74. The zero-order valence-corrected chi connectivity index (χ0v) is 21.5. The molecule has 0 N–H and O–H groups in total. The first-order valence-corrected chi connectivity index (χ1v) is 11.8. The second kappa shape index (κ2) is 10.1. The van der Waals surface area contributed by atoms with Gasteiger partial charge in [-0.25, -0.2) is 4.39 Å². The van der Waals surface area contributed by atoms with Gasteiger partial charge in [0.25, 0.3) is 0 Å². The van der Waals surface area contributed by atoms with E-state index in [2.05, 4.69) is 4.98 Å². The van der Waals surface area contributed by atoms with E-state index < -0.39 is 30.1 Å². The van der Waals surface area contributed by atoms with Crippen molar-refractivity contribution >= 4 is 18.4 Å². The van der Waals surface area contributed by atoms with Crippen LogP contribution in [-0.4, -0.2) is 37.5 Å². The molecule has 190 valence electrons. The molecule has 0 unspecified atom stereocenters. The van der Waals surface area contributed by atoms with Crippen molar-refractivity contribution in [3.8, 4) is 11.5 Å². The van der Waals surface area contributed by atoms with Crippen LogP contribution in [0.1, 0.15) is 38.8 Å². The van der Waals surface area contributed by atoms with Gasteiger partial charge in [0.2, 0.25) is 5.95 Å². The van der Waals surface area contributed by atoms with Gasteiger partial charge in [-0.05, 0) is 69.2 Å². The number of aromatic nitrogens is 1. The summed E-state index contributed by atoms with van der Waals surface area (Å²) in [5.74, 6) is -0.174. The average Bonchev–Trinajstić information content (AvgIpc) is 3.07. The Morgan fingerprint density at radius 2 is 1.25 bits per heavy atom. The highest BCUT2D eigenvalue weighted by molar-refractivity contribution is 6.62. The number of benzene rings is 2. The minimum Gasteiger partial charge on any atom is -0.497 e. The largest absolute Gasteiger partial charge is 0.499 e. The van der Waals surface area contributed by atoms with E-state index in [9.17, 15) is 0 Å². The van der Waals surface area contributed by atoms with E-state index in [0.717, 1.165) is 17.2 Å². The lowest BCUT2D eigenvalue weighted by Crippen LogP contribution is -2.41. The number of anilines is 1. The van der Waals surface area contributed by atoms with E-state index in [0.29, 0.717) is 24.6 Å². The van der Waals surface area contributed by atoms with Crippen molar-refractivity contribution < 1.29 is 27.6 Å². The van der Waals surface area contributed by atoms with Crippen LogP contribution in [0, 0.1) is 11.8 Å². The first kappa shape index (κ1) is 25.9. The summed E-state index contributed by atoms with van der Waals surface area (Å²) in [6.45, 7) is 8.02. The zero-order valence-electron chi connectivity index (χ0n) is 21.5. The van der Waals surface area contributed by atoms with Gasteiger partial charge in [0.15, 0.2) is 11.6 Å². The summed E-state index contributed by atoms with van der Waals surface area (Å²) in [6.07, 6.45) is 0. The van der Waals surface area contributed by atoms with Gasteiger partial charge in [0.05, 0.1) is 25.4 Å². The highest BCUT2D eigenvalue weighted by atomic mass is 19.1. The summed E-state index contributed by atoms with van der Waals surface area (Å²) in [6, 6.07) is 16.0. The lowest BCUT2D eigenvalue weighted by Gasteiger charge is -2.32. The minimum atomic E-state index is -1.05. The van der Waals surface area contributed by atoms with Crippen molar-refractivity contribution in [2.75, 3.05) is 19.1 Å². The van der Waals surface area contributed by atoms with E-state index in [4.69, 9.17) is 18.8 Å². The van der Waals surface area contributed by atoms with E-state index in [1.54, 1.807) is 19.1 Å². The molecule has 9 heteroatoms. The topological polar surface area (TPSA) is 53.1 Å². The predicted molar refractivity (Wildman–Crippen MR) is 136 cm³/mol. The highest BCUT2D eigenvalue weighted by Crippen LogP contribution is 2.37. The van der Waals surface area contributed by atoms with Gasteiger partial charge in [-0.2, -0.15) is 9.37 Å². The molecular weight excluding hydrogens is 465 g/mol. The first-order valence-electron chi connectivity index (χ1n) is 11.8. The fourth-order valence-electron chi connectivity index (χ4n) is 3.94. The predicted octanol–water partition coefficient (Wildman–Crippen LogP) is 4.88. The standard InChI is InChI=1S/C27H31BF2N2O4/c1-26(2)27(3,4)36-28(35-26)22-15-23(29)25(31-24(22)30)32(16-18-7-11-20(33-5)12-8-18)17-19-9-13-21(34-6)14-10-19/h7-15H,16-17H2,1-6H3. The van der Waals surface area contributed by atoms with E-state index in [1.165, 1.54) is 0 Å². The highest BCUT2D eigenvalue weighted by Gasteiger charge is 2.52. The molecule has 1 aromatic heterocycles. The maximum absolute atomic E-state index is 15.5. The maximum atomic E-state index is 15.5. The molecule has 6 nitrogen and oxygen atoms in total. The summed E-state index contributed by atoms with van der Waals surface area (Å²) < 4.78 is 53.2. The molecule has 0 aliphatic carbocycles. The third-order valence-corrected chi connectivity index (χ3v) is 6.81. The molecule has 1 aliphatic heterocycles. The Bertz CT molecular complexity index is 1140. The van der Waals surface area contributed by atoms with Gasteiger partial charge in [0.1, 0.15) is 11.5 Å². The van der Waals surface area contributed by atoms with Gasteiger partial charge in [-0.15, -0.1) is 0 Å². The minimum absolute atomic E-state index is 0.0660. The van der Waals surface area contributed by atoms with Gasteiger partial charge >= 0.3 is 7.12 Å². The van der Waals surface area contributed by atoms with Crippen molar-refractivity contribution in [1.29, 1.82) is 0 Å².